The van der Waals surface area contributed by atoms with E-state index in [1.165, 1.54) is 0 Å². The summed E-state index contributed by atoms with van der Waals surface area (Å²) in [7, 11) is 0. The Morgan fingerprint density at radius 1 is 1.32 bits per heavy atom. The molecule has 1 N–H and O–H groups in total. The van der Waals surface area contributed by atoms with Gasteiger partial charge in [0, 0.05) is 17.7 Å². The summed E-state index contributed by atoms with van der Waals surface area (Å²) in [5.41, 5.74) is 0. The van der Waals surface area contributed by atoms with Gasteiger partial charge in [-0.2, -0.15) is 0 Å². The molecule has 19 heavy (non-hydrogen) atoms. The number of thioether (sulfide) groups is 1. The second-order valence-electron chi connectivity index (χ2n) is 6.06. The molecule has 2 saturated heterocycles. The summed E-state index contributed by atoms with van der Waals surface area (Å²) in [6, 6.07) is -0.0309. The molecule has 2 aliphatic rings. The Morgan fingerprint density at radius 2 is 2.00 bits per heavy atom. The summed E-state index contributed by atoms with van der Waals surface area (Å²) in [5.74, 6) is 1.08. The molecule has 0 aromatic carbocycles. The SMILES string of the molecule is CC(C)N[C@@H]1CC[C@H]2SC[C@H](C(=O)C(C)C)N2C1=O. The molecule has 5 heteroatoms. The standard InChI is InChI=1S/C14H24N2O2S/c1-8(2)13(17)11-7-19-12-6-5-10(15-9(3)4)14(18)16(11)12/h8-12,15H,5-7H2,1-4H3/t10-,11-,12-/m1/s1. The van der Waals surface area contributed by atoms with Gasteiger partial charge in [-0.05, 0) is 12.8 Å². The van der Waals surface area contributed by atoms with Crippen molar-refractivity contribution in [2.75, 3.05) is 5.75 Å². The highest BCUT2D eigenvalue weighted by molar-refractivity contribution is 8.00. The third-order valence-corrected chi connectivity index (χ3v) is 5.14. The van der Waals surface area contributed by atoms with E-state index in [0.29, 0.717) is 6.04 Å². The highest BCUT2D eigenvalue weighted by Gasteiger charge is 2.46. The highest BCUT2D eigenvalue weighted by atomic mass is 32.2. The van der Waals surface area contributed by atoms with Crippen LogP contribution in [0.2, 0.25) is 0 Å². The molecule has 108 valence electrons. The van der Waals surface area contributed by atoms with Crippen molar-refractivity contribution >= 4 is 23.5 Å². The Balaban J connectivity index is 2.12. The summed E-state index contributed by atoms with van der Waals surface area (Å²) < 4.78 is 0. The number of fused-ring (bicyclic) bond motifs is 1. The number of hydrogen-bond donors (Lipinski definition) is 1. The van der Waals surface area contributed by atoms with Crippen LogP contribution in [0.25, 0.3) is 0 Å². The summed E-state index contributed by atoms with van der Waals surface area (Å²) in [6.45, 7) is 7.93. The van der Waals surface area contributed by atoms with Crippen molar-refractivity contribution in [1.82, 2.24) is 10.2 Å². The van der Waals surface area contributed by atoms with E-state index in [-0.39, 0.29) is 35.1 Å². The molecule has 3 atom stereocenters. The van der Waals surface area contributed by atoms with Gasteiger partial charge in [-0.25, -0.2) is 0 Å². The fraction of sp³-hybridized carbons (Fsp3) is 0.857. The Hall–Kier alpha value is -0.550. The van der Waals surface area contributed by atoms with E-state index in [9.17, 15) is 9.59 Å². The number of rotatable bonds is 4. The zero-order chi connectivity index (χ0) is 14.2. The van der Waals surface area contributed by atoms with Gasteiger partial charge in [-0.15, -0.1) is 11.8 Å². The van der Waals surface area contributed by atoms with E-state index in [4.69, 9.17) is 0 Å². The highest BCUT2D eigenvalue weighted by Crippen LogP contribution is 2.37. The van der Waals surface area contributed by atoms with Gasteiger partial charge in [0.1, 0.15) is 6.04 Å². The molecule has 0 saturated carbocycles. The number of nitrogens with zero attached hydrogens (tertiary/aromatic N) is 1. The molecule has 0 aromatic rings. The Bertz CT molecular complexity index is 370. The van der Waals surface area contributed by atoms with E-state index in [1.807, 2.05) is 18.7 Å². The zero-order valence-corrected chi connectivity index (χ0v) is 13.0. The molecule has 0 aliphatic carbocycles. The predicted molar refractivity (Wildman–Crippen MR) is 78.0 cm³/mol. The average Bonchev–Trinajstić information content (AvgIpc) is 2.75. The van der Waals surface area contributed by atoms with Crippen LogP contribution in [0.5, 0.6) is 0 Å². The third-order valence-electron chi connectivity index (χ3n) is 3.78. The van der Waals surface area contributed by atoms with Crippen LogP contribution < -0.4 is 5.32 Å². The minimum atomic E-state index is -0.209. The maximum absolute atomic E-state index is 12.6. The topological polar surface area (TPSA) is 49.4 Å². The number of nitrogens with one attached hydrogen (secondary N) is 1. The van der Waals surface area contributed by atoms with Crippen molar-refractivity contribution in [3.63, 3.8) is 0 Å². The molecular formula is C14H24N2O2S. The number of amides is 1. The monoisotopic (exact) mass is 284 g/mol. The molecular weight excluding hydrogens is 260 g/mol. The van der Waals surface area contributed by atoms with Gasteiger partial charge < -0.3 is 10.2 Å². The summed E-state index contributed by atoms with van der Waals surface area (Å²) >= 11 is 1.76. The number of ketones is 1. The number of carbonyl (C=O) groups excluding carboxylic acids is 2. The van der Waals surface area contributed by atoms with Gasteiger partial charge in [0.25, 0.3) is 0 Å². The lowest BCUT2D eigenvalue weighted by molar-refractivity contribution is -0.144. The fourth-order valence-corrected chi connectivity index (χ4v) is 4.30. The smallest absolute Gasteiger partial charge is 0.241 e. The molecule has 0 bridgehead atoms. The first-order valence-corrected chi connectivity index (χ1v) is 8.20. The van der Waals surface area contributed by atoms with Crippen molar-refractivity contribution in [2.45, 2.75) is 64.0 Å². The maximum atomic E-state index is 12.6. The van der Waals surface area contributed by atoms with Crippen molar-refractivity contribution in [3.05, 3.63) is 0 Å². The molecule has 0 radical (unpaired) electrons. The summed E-state index contributed by atoms with van der Waals surface area (Å²) in [4.78, 5) is 26.7. The lowest BCUT2D eigenvalue weighted by Gasteiger charge is -2.38. The van der Waals surface area contributed by atoms with E-state index in [1.54, 1.807) is 11.8 Å². The minimum Gasteiger partial charge on any atom is -0.318 e. The number of carbonyl (C=O) groups is 2. The van der Waals surface area contributed by atoms with E-state index >= 15 is 0 Å². The maximum Gasteiger partial charge on any atom is 0.241 e. The third kappa shape index (κ3) is 2.97. The molecule has 0 spiro atoms. The van der Waals surface area contributed by atoms with Crippen molar-refractivity contribution in [1.29, 1.82) is 0 Å². The normalized spacial score (nSPS) is 31.2. The van der Waals surface area contributed by atoms with Gasteiger partial charge >= 0.3 is 0 Å². The van der Waals surface area contributed by atoms with Crippen LogP contribution in [0.1, 0.15) is 40.5 Å². The predicted octanol–water partition coefficient (Wildman–Crippen LogP) is 1.64. The van der Waals surface area contributed by atoms with Crippen LogP contribution in [-0.4, -0.2) is 45.8 Å². The summed E-state index contributed by atoms with van der Waals surface area (Å²) in [6.07, 6.45) is 1.87. The van der Waals surface area contributed by atoms with E-state index in [2.05, 4.69) is 19.2 Å². The average molecular weight is 284 g/mol. The van der Waals surface area contributed by atoms with Gasteiger partial charge in [-0.3, -0.25) is 9.59 Å². The van der Waals surface area contributed by atoms with Crippen LogP contribution in [0.3, 0.4) is 0 Å². The largest absolute Gasteiger partial charge is 0.318 e. The van der Waals surface area contributed by atoms with Gasteiger partial charge in [0.15, 0.2) is 5.78 Å². The van der Waals surface area contributed by atoms with E-state index in [0.717, 1.165) is 18.6 Å². The Kier molecular flexibility index (Phi) is 4.56. The van der Waals surface area contributed by atoms with Crippen LogP contribution in [-0.2, 0) is 9.59 Å². The van der Waals surface area contributed by atoms with Gasteiger partial charge in [-0.1, -0.05) is 27.7 Å². The minimum absolute atomic E-state index is 0.00409. The van der Waals surface area contributed by atoms with Crippen LogP contribution in [0, 0.1) is 5.92 Å². The first kappa shape index (κ1) is 14.9. The Morgan fingerprint density at radius 3 is 2.58 bits per heavy atom. The number of Topliss-reactive ketones (excluding diaryl/α,β-unsaturated/α-hetero) is 1. The van der Waals surface area contributed by atoms with Gasteiger partial charge in [0.2, 0.25) is 5.91 Å². The Labute approximate surface area is 119 Å². The lowest BCUT2D eigenvalue weighted by Crippen LogP contribution is -2.58. The van der Waals surface area contributed by atoms with Crippen molar-refractivity contribution in [2.24, 2.45) is 5.92 Å². The van der Waals surface area contributed by atoms with Crippen LogP contribution >= 0.6 is 11.8 Å². The number of piperidine rings is 1. The lowest BCUT2D eigenvalue weighted by atomic mass is 9.97. The molecule has 2 heterocycles. The molecule has 0 aromatic heterocycles. The molecule has 0 unspecified atom stereocenters. The summed E-state index contributed by atoms with van der Waals surface area (Å²) in [5, 5.41) is 3.53. The molecule has 2 rings (SSSR count). The van der Waals surface area contributed by atoms with Crippen LogP contribution in [0.15, 0.2) is 0 Å². The fourth-order valence-electron chi connectivity index (χ4n) is 2.86. The second kappa shape index (κ2) is 5.83. The van der Waals surface area contributed by atoms with Crippen molar-refractivity contribution < 1.29 is 9.59 Å². The van der Waals surface area contributed by atoms with Crippen LogP contribution in [0.4, 0.5) is 0 Å². The quantitative estimate of drug-likeness (QED) is 0.852. The zero-order valence-electron chi connectivity index (χ0n) is 12.2. The molecule has 1 amide bonds. The van der Waals surface area contributed by atoms with Crippen molar-refractivity contribution in [3.8, 4) is 0 Å². The first-order chi connectivity index (χ1) is 8.91. The van der Waals surface area contributed by atoms with E-state index < -0.39 is 0 Å². The molecule has 2 aliphatic heterocycles. The molecule has 4 nitrogen and oxygen atoms in total. The van der Waals surface area contributed by atoms with Gasteiger partial charge in [0.05, 0.1) is 11.4 Å². The number of hydrogen-bond acceptors (Lipinski definition) is 4. The second-order valence-corrected chi connectivity index (χ2v) is 7.27. The first-order valence-electron chi connectivity index (χ1n) is 7.15. The molecule has 2 fully saturated rings.